The molecule has 4 heterocycles. The molecule has 2 aromatic heterocycles. The first-order chi connectivity index (χ1) is 15.2. The number of hydroxylamine groups is 2. The van der Waals surface area contributed by atoms with Crippen LogP contribution in [-0.4, -0.2) is 90.5 Å². The molecule has 4 rings (SSSR count). The molecule has 0 bridgehead atoms. The maximum absolute atomic E-state index is 12.4. The second-order valence-electron chi connectivity index (χ2n) is 8.41. The van der Waals surface area contributed by atoms with Crippen LogP contribution < -0.4 is 11.5 Å². The van der Waals surface area contributed by atoms with E-state index in [1.807, 2.05) is 24.7 Å². The molecule has 2 fully saturated rings. The summed E-state index contributed by atoms with van der Waals surface area (Å²) in [6.45, 7) is 3.93. The number of aromatic nitrogens is 4. The number of carbonyl (C=O) groups excluding carboxylic acids is 1. The van der Waals surface area contributed by atoms with Crippen molar-refractivity contribution >= 4 is 34.7 Å². The van der Waals surface area contributed by atoms with Crippen LogP contribution >= 0.6 is 11.8 Å². The van der Waals surface area contributed by atoms with Gasteiger partial charge in [0.2, 0.25) is 0 Å². The predicted molar refractivity (Wildman–Crippen MR) is 117 cm³/mol. The number of amides is 1. The number of hydrogen-bond donors (Lipinski definition) is 3. The molecule has 32 heavy (non-hydrogen) atoms. The average Bonchev–Trinajstić information content (AvgIpc) is 3.39. The number of nitrogens with zero attached hydrogens (tertiary/aromatic N) is 5. The lowest BCUT2D eigenvalue weighted by Gasteiger charge is -2.27. The Morgan fingerprint density at radius 3 is 2.75 bits per heavy atom. The Morgan fingerprint density at radius 1 is 1.31 bits per heavy atom. The molecule has 13 heteroatoms. The Kier molecular flexibility index (Phi) is 6.56. The van der Waals surface area contributed by atoms with Crippen LogP contribution in [0.15, 0.2) is 12.7 Å². The van der Waals surface area contributed by atoms with E-state index in [0.29, 0.717) is 35.0 Å². The molecule has 2 aliphatic rings. The summed E-state index contributed by atoms with van der Waals surface area (Å²) in [5.41, 5.74) is 12.9. The topological polar surface area (TPSA) is 164 Å². The van der Waals surface area contributed by atoms with Crippen molar-refractivity contribution in [2.75, 3.05) is 24.3 Å². The molecule has 1 amide bonds. The van der Waals surface area contributed by atoms with Crippen molar-refractivity contribution in [3.05, 3.63) is 12.7 Å². The first-order valence-corrected chi connectivity index (χ1v) is 11.8. The van der Waals surface area contributed by atoms with Gasteiger partial charge >= 0.3 is 0 Å². The lowest BCUT2D eigenvalue weighted by Crippen LogP contribution is -2.47. The highest BCUT2D eigenvalue weighted by molar-refractivity contribution is 7.98. The molecule has 2 saturated heterocycles. The number of hydrogen-bond acceptors (Lipinski definition) is 11. The van der Waals surface area contributed by atoms with E-state index >= 15 is 0 Å². The quantitative estimate of drug-likeness (QED) is 0.353. The van der Waals surface area contributed by atoms with Gasteiger partial charge in [0.05, 0.1) is 25.5 Å². The number of anilines is 1. The zero-order valence-electron chi connectivity index (χ0n) is 18.2. The van der Waals surface area contributed by atoms with Gasteiger partial charge in [-0.2, -0.15) is 11.8 Å². The van der Waals surface area contributed by atoms with Crippen molar-refractivity contribution in [3.63, 3.8) is 0 Å². The molecule has 0 aromatic carbocycles. The van der Waals surface area contributed by atoms with E-state index < -0.39 is 42.2 Å². The Bertz CT molecular complexity index is 973. The molecule has 5 N–H and O–H groups in total. The van der Waals surface area contributed by atoms with Crippen molar-refractivity contribution in [1.29, 1.82) is 0 Å². The van der Waals surface area contributed by atoms with Crippen molar-refractivity contribution in [2.45, 2.75) is 63.1 Å². The summed E-state index contributed by atoms with van der Waals surface area (Å²) in [7, 11) is 0. The number of nitrogens with two attached hydrogens (primary N) is 2. The SMILES string of the molecule is CSCC[C@H](N)C(=O)N(O)C[C@H]1O[C@@H](Cn2cnc3c(N)ncnc32)[C@@H]2OC(C)(C)O[C@@H]21. The van der Waals surface area contributed by atoms with Gasteiger partial charge in [-0.25, -0.2) is 20.0 Å². The third-order valence-electron chi connectivity index (χ3n) is 5.61. The Balaban J connectivity index is 1.49. The Hall–Kier alpha value is -2.03. The monoisotopic (exact) mass is 467 g/mol. The van der Waals surface area contributed by atoms with Crippen molar-refractivity contribution in [1.82, 2.24) is 24.6 Å². The number of carbonyl (C=O) groups is 1. The molecular formula is C19H29N7O5S. The van der Waals surface area contributed by atoms with Gasteiger partial charge in [-0.1, -0.05) is 0 Å². The molecule has 176 valence electrons. The van der Waals surface area contributed by atoms with Crippen LogP contribution in [0.3, 0.4) is 0 Å². The molecule has 2 aliphatic heterocycles. The number of nitrogen functional groups attached to an aromatic ring is 1. The summed E-state index contributed by atoms with van der Waals surface area (Å²) < 4.78 is 20.1. The van der Waals surface area contributed by atoms with Crippen LogP contribution in [0, 0.1) is 0 Å². The minimum Gasteiger partial charge on any atom is -0.382 e. The number of rotatable bonds is 8. The molecule has 0 spiro atoms. The smallest absolute Gasteiger partial charge is 0.262 e. The summed E-state index contributed by atoms with van der Waals surface area (Å²) in [5.74, 6) is -0.344. The fraction of sp³-hybridized carbons (Fsp3) is 0.684. The summed E-state index contributed by atoms with van der Waals surface area (Å²) >= 11 is 1.59. The number of thioether (sulfide) groups is 1. The van der Waals surface area contributed by atoms with E-state index in [1.165, 1.54) is 6.33 Å². The summed E-state index contributed by atoms with van der Waals surface area (Å²) in [5, 5.41) is 11.0. The zero-order chi connectivity index (χ0) is 23.0. The Morgan fingerprint density at radius 2 is 2.03 bits per heavy atom. The van der Waals surface area contributed by atoms with Gasteiger partial charge < -0.3 is 30.2 Å². The largest absolute Gasteiger partial charge is 0.382 e. The van der Waals surface area contributed by atoms with Gasteiger partial charge in [0, 0.05) is 0 Å². The minimum atomic E-state index is -0.821. The lowest BCUT2D eigenvalue weighted by molar-refractivity contribution is -0.202. The number of ether oxygens (including phenoxy) is 3. The molecule has 12 nitrogen and oxygen atoms in total. The van der Waals surface area contributed by atoms with Gasteiger partial charge in [0.15, 0.2) is 17.3 Å². The van der Waals surface area contributed by atoms with E-state index in [2.05, 4.69) is 15.0 Å². The first-order valence-electron chi connectivity index (χ1n) is 10.4. The van der Waals surface area contributed by atoms with Crippen molar-refractivity contribution in [3.8, 4) is 0 Å². The molecule has 0 saturated carbocycles. The van der Waals surface area contributed by atoms with Crippen LogP contribution in [0.1, 0.15) is 20.3 Å². The molecule has 2 aromatic rings. The average molecular weight is 468 g/mol. The van der Waals surface area contributed by atoms with Crippen LogP contribution in [0.2, 0.25) is 0 Å². The minimum absolute atomic E-state index is 0.0807. The fourth-order valence-electron chi connectivity index (χ4n) is 4.11. The summed E-state index contributed by atoms with van der Waals surface area (Å²) in [4.78, 5) is 25.0. The van der Waals surface area contributed by atoms with E-state index in [-0.39, 0.29) is 6.54 Å². The van der Waals surface area contributed by atoms with Crippen molar-refractivity contribution in [2.24, 2.45) is 5.73 Å². The third kappa shape index (κ3) is 4.54. The highest BCUT2D eigenvalue weighted by Gasteiger charge is 2.55. The highest BCUT2D eigenvalue weighted by atomic mass is 32.2. The molecular weight excluding hydrogens is 438 g/mol. The Labute approximate surface area is 189 Å². The fourth-order valence-corrected chi connectivity index (χ4v) is 4.60. The van der Waals surface area contributed by atoms with Crippen LogP contribution in [0.25, 0.3) is 11.2 Å². The van der Waals surface area contributed by atoms with Crippen LogP contribution in [0.5, 0.6) is 0 Å². The molecule has 0 radical (unpaired) electrons. The van der Waals surface area contributed by atoms with Crippen LogP contribution in [0.4, 0.5) is 5.82 Å². The first kappa shape index (κ1) is 23.1. The summed E-state index contributed by atoms with van der Waals surface area (Å²) in [6, 6.07) is -0.778. The third-order valence-corrected chi connectivity index (χ3v) is 6.25. The highest BCUT2D eigenvalue weighted by Crippen LogP contribution is 2.39. The van der Waals surface area contributed by atoms with E-state index in [9.17, 15) is 10.0 Å². The van der Waals surface area contributed by atoms with Gasteiger partial charge in [-0.3, -0.25) is 10.0 Å². The van der Waals surface area contributed by atoms with E-state index in [4.69, 9.17) is 25.7 Å². The number of fused-ring (bicyclic) bond motifs is 2. The van der Waals surface area contributed by atoms with E-state index in [0.717, 1.165) is 5.75 Å². The standard InChI is InChI=1S/C19H29N7O5S/c1-19(2)30-14-11(6-25-9-24-13-16(21)22-8-23-17(13)25)29-12(15(14)31-19)7-26(28)18(27)10(20)4-5-32-3/h8-12,14-15,28H,4-7,20H2,1-3H3,(H2,21,22,23)/t10-,11-,12+,14-,15+/m0/s1. The van der Waals surface area contributed by atoms with Crippen molar-refractivity contribution < 1.29 is 24.2 Å². The number of imidazole rings is 1. The maximum atomic E-state index is 12.4. The zero-order valence-corrected chi connectivity index (χ0v) is 19.1. The van der Waals surface area contributed by atoms with Gasteiger partial charge in [0.25, 0.3) is 5.91 Å². The molecule has 5 atom stereocenters. The van der Waals surface area contributed by atoms with Gasteiger partial charge in [0.1, 0.15) is 36.3 Å². The summed E-state index contributed by atoms with van der Waals surface area (Å²) in [6.07, 6.45) is 3.53. The second-order valence-corrected chi connectivity index (χ2v) is 9.40. The predicted octanol–water partition coefficient (Wildman–Crippen LogP) is -0.00580. The van der Waals surface area contributed by atoms with Crippen LogP contribution in [-0.2, 0) is 25.5 Å². The van der Waals surface area contributed by atoms with E-state index in [1.54, 1.807) is 18.1 Å². The maximum Gasteiger partial charge on any atom is 0.262 e. The normalized spacial score (nSPS) is 27.5. The molecule has 0 aliphatic carbocycles. The van der Waals surface area contributed by atoms with Gasteiger partial charge in [-0.05, 0) is 32.3 Å². The lowest BCUT2D eigenvalue weighted by atomic mass is 10.1. The molecule has 0 unspecified atom stereocenters. The second kappa shape index (κ2) is 9.08. The van der Waals surface area contributed by atoms with Gasteiger partial charge in [-0.15, -0.1) is 0 Å².